The Bertz CT molecular complexity index is 1700. The van der Waals surface area contributed by atoms with Crippen LogP contribution in [0.1, 0.15) is 11.1 Å². The fraction of sp³-hybridized carbons (Fsp3) is 0.219. The van der Waals surface area contributed by atoms with E-state index in [9.17, 15) is 14.4 Å². The van der Waals surface area contributed by atoms with E-state index >= 15 is 0 Å². The number of benzene rings is 3. The number of fused-ring (bicyclic) bond motifs is 2. The highest BCUT2D eigenvalue weighted by Gasteiger charge is 2.54. The van der Waals surface area contributed by atoms with Gasteiger partial charge in [-0.25, -0.2) is 9.59 Å². The minimum Gasteiger partial charge on any atom is -0.497 e. The van der Waals surface area contributed by atoms with Gasteiger partial charge in [0, 0.05) is 28.8 Å². The van der Waals surface area contributed by atoms with E-state index in [2.05, 4.69) is 0 Å². The Hall–Kier alpha value is -4.54. The van der Waals surface area contributed by atoms with E-state index in [0.717, 1.165) is 16.5 Å². The van der Waals surface area contributed by atoms with Gasteiger partial charge in [0.25, 0.3) is 5.91 Å². The number of carbonyl (C=O) groups excluding carboxylic acids is 2. The van der Waals surface area contributed by atoms with Gasteiger partial charge in [-0.2, -0.15) is 0 Å². The Kier molecular flexibility index (Phi) is 7.98. The number of nitrogens with zero attached hydrogens (tertiary/aromatic N) is 1. The summed E-state index contributed by atoms with van der Waals surface area (Å²) < 4.78 is 28.1. The van der Waals surface area contributed by atoms with Crippen molar-refractivity contribution in [1.29, 1.82) is 0 Å². The first kappa shape index (κ1) is 27.6. The minimum absolute atomic E-state index is 0.0257. The summed E-state index contributed by atoms with van der Waals surface area (Å²) in [5, 5.41) is 0.399. The third-order valence-corrected chi connectivity index (χ3v) is 8.32. The molecule has 0 bridgehead atoms. The van der Waals surface area contributed by atoms with E-state index in [1.54, 1.807) is 43.5 Å². The Morgan fingerprint density at radius 1 is 0.905 bits per heavy atom. The Labute approximate surface area is 245 Å². The molecule has 0 spiro atoms. The van der Waals surface area contributed by atoms with Crippen LogP contribution in [0.5, 0.6) is 11.5 Å². The number of esters is 1. The number of amides is 1. The minimum atomic E-state index is -0.676. The van der Waals surface area contributed by atoms with E-state index in [1.807, 2.05) is 42.5 Å². The van der Waals surface area contributed by atoms with Gasteiger partial charge >= 0.3 is 11.6 Å². The summed E-state index contributed by atoms with van der Waals surface area (Å²) in [7, 11) is 1.58. The molecular formula is C32H27NO8S. The van der Waals surface area contributed by atoms with Gasteiger partial charge in [-0.15, -0.1) is 11.8 Å². The summed E-state index contributed by atoms with van der Waals surface area (Å²) in [6.45, 7) is 0.351. The second-order valence-electron chi connectivity index (χ2n) is 9.75. The molecule has 1 fully saturated rings. The zero-order chi connectivity index (χ0) is 29.1. The molecule has 42 heavy (non-hydrogen) atoms. The lowest BCUT2D eigenvalue weighted by molar-refractivity contribution is -0.167. The van der Waals surface area contributed by atoms with Crippen LogP contribution < -0.4 is 15.1 Å². The van der Waals surface area contributed by atoms with Gasteiger partial charge in [0.05, 0.1) is 13.7 Å². The zero-order valence-electron chi connectivity index (χ0n) is 22.7. The zero-order valence-corrected chi connectivity index (χ0v) is 23.5. The highest BCUT2D eigenvalue weighted by atomic mass is 32.2. The van der Waals surface area contributed by atoms with E-state index < -0.39 is 17.7 Å². The molecule has 6 rings (SSSR count). The molecule has 1 amide bonds. The molecule has 1 aromatic heterocycles. The maximum absolute atomic E-state index is 13.5. The molecule has 3 heterocycles. The van der Waals surface area contributed by atoms with Crippen LogP contribution in [0.15, 0.2) is 105 Å². The van der Waals surface area contributed by atoms with E-state index in [0.29, 0.717) is 28.4 Å². The van der Waals surface area contributed by atoms with Crippen molar-refractivity contribution in [1.82, 2.24) is 4.90 Å². The van der Waals surface area contributed by atoms with Gasteiger partial charge < -0.3 is 23.4 Å². The summed E-state index contributed by atoms with van der Waals surface area (Å²) in [6, 6.07) is 25.0. The van der Waals surface area contributed by atoms with Gasteiger partial charge in [-0.05, 0) is 41.5 Å². The molecule has 10 heteroatoms. The van der Waals surface area contributed by atoms with Crippen LogP contribution in [0, 0.1) is 0 Å². The maximum atomic E-state index is 13.5. The second-order valence-corrected chi connectivity index (χ2v) is 10.9. The van der Waals surface area contributed by atoms with Crippen LogP contribution in [0.3, 0.4) is 0 Å². The van der Waals surface area contributed by atoms with Crippen molar-refractivity contribution in [3.63, 3.8) is 0 Å². The number of ether oxygens (including phenoxy) is 4. The number of hydrogen-bond donors (Lipinski definition) is 0. The topological polar surface area (TPSA) is 105 Å². The number of rotatable bonds is 10. The number of methoxy groups -OCH3 is 1. The van der Waals surface area contributed by atoms with E-state index in [-0.39, 0.29) is 36.8 Å². The van der Waals surface area contributed by atoms with E-state index in [1.165, 1.54) is 22.7 Å². The second kappa shape index (κ2) is 12.1. The molecular weight excluding hydrogens is 558 g/mol. The lowest BCUT2D eigenvalue weighted by atomic mass is 10.1. The average Bonchev–Trinajstić information content (AvgIpc) is 3.02. The molecule has 0 saturated carbocycles. The van der Waals surface area contributed by atoms with Crippen molar-refractivity contribution in [2.45, 2.75) is 24.7 Å². The van der Waals surface area contributed by atoms with Crippen molar-refractivity contribution in [2.24, 2.45) is 0 Å². The summed E-state index contributed by atoms with van der Waals surface area (Å²) >= 11 is 1.51. The monoisotopic (exact) mass is 585 g/mol. The van der Waals surface area contributed by atoms with Gasteiger partial charge in [0.1, 0.15) is 41.4 Å². The molecule has 4 aromatic rings. The lowest BCUT2D eigenvalue weighted by Crippen LogP contribution is -2.66. The Morgan fingerprint density at radius 3 is 2.43 bits per heavy atom. The summed E-state index contributed by atoms with van der Waals surface area (Å²) in [5.41, 5.74) is 2.45. The molecule has 2 aliphatic rings. The molecule has 2 aliphatic heterocycles. The van der Waals surface area contributed by atoms with Crippen LogP contribution in [-0.2, 0) is 32.3 Å². The molecule has 2 unspecified atom stereocenters. The molecule has 214 valence electrons. The molecule has 0 N–H and O–H groups in total. The Morgan fingerprint density at radius 2 is 1.64 bits per heavy atom. The van der Waals surface area contributed by atoms with Crippen LogP contribution in [0.2, 0.25) is 0 Å². The summed E-state index contributed by atoms with van der Waals surface area (Å²) in [6.07, 6.45) is -0.676. The predicted octanol–water partition coefficient (Wildman–Crippen LogP) is 4.68. The molecule has 1 saturated heterocycles. The third kappa shape index (κ3) is 5.77. The fourth-order valence-electron chi connectivity index (χ4n) is 4.77. The first-order valence-electron chi connectivity index (χ1n) is 13.3. The van der Waals surface area contributed by atoms with Crippen molar-refractivity contribution >= 4 is 34.6 Å². The highest BCUT2D eigenvalue weighted by molar-refractivity contribution is 8.00. The number of thioether (sulfide) groups is 1. The highest BCUT2D eigenvalue weighted by Crippen LogP contribution is 2.42. The Balaban J connectivity index is 1.21. The van der Waals surface area contributed by atoms with Crippen LogP contribution in [0.4, 0.5) is 0 Å². The van der Waals surface area contributed by atoms with Gasteiger partial charge in [0.2, 0.25) is 0 Å². The third-order valence-electron chi connectivity index (χ3n) is 7.00. The van der Waals surface area contributed by atoms with Crippen molar-refractivity contribution < 1.29 is 33.0 Å². The first-order chi connectivity index (χ1) is 20.5. The summed E-state index contributed by atoms with van der Waals surface area (Å²) in [5.74, 6) is 0.676. The lowest BCUT2D eigenvalue weighted by Gasteiger charge is -2.49. The molecule has 3 aromatic carbocycles. The predicted molar refractivity (Wildman–Crippen MR) is 156 cm³/mol. The van der Waals surface area contributed by atoms with Gasteiger partial charge in [-0.1, -0.05) is 42.5 Å². The molecule has 0 aliphatic carbocycles. The van der Waals surface area contributed by atoms with Crippen LogP contribution >= 0.6 is 11.8 Å². The number of β-lactam (4-membered cyclic amide) rings is 1. The number of hydrogen-bond acceptors (Lipinski definition) is 9. The average molecular weight is 586 g/mol. The molecule has 2 atom stereocenters. The van der Waals surface area contributed by atoms with E-state index in [4.69, 9.17) is 23.4 Å². The standard InChI is InChI=1S/C32H27NO8S/c1-37-24-11-7-21(8-12-24)17-40-32(36)28-23(18-38-25-13-9-22-10-14-27(34)41-26(22)15-25)19-42-31-29(30(35)33(28)31)39-16-20-5-3-2-4-6-20/h2-15,29,31H,16-19H2,1H3. The largest absolute Gasteiger partial charge is 0.497 e. The van der Waals surface area contributed by atoms with Gasteiger partial charge in [-0.3, -0.25) is 9.69 Å². The summed E-state index contributed by atoms with van der Waals surface area (Å²) in [4.78, 5) is 39.9. The SMILES string of the molecule is COc1ccc(COC(=O)C2=C(COc3ccc4ccc(=O)oc4c3)CSC3C(OCc4ccccc4)C(=O)N23)cc1. The fourth-order valence-corrected chi connectivity index (χ4v) is 6.09. The smallest absolute Gasteiger partial charge is 0.355 e. The first-order valence-corrected chi connectivity index (χ1v) is 14.3. The van der Waals surface area contributed by atoms with Crippen LogP contribution in [-0.4, -0.2) is 47.7 Å². The molecule has 9 nitrogen and oxygen atoms in total. The molecule has 0 radical (unpaired) electrons. The maximum Gasteiger partial charge on any atom is 0.355 e. The normalized spacial score (nSPS) is 17.9. The quantitative estimate of drug-likeness (QED) is 0.149. The van der Waals surface area contributed by atoms with Crippen molar-refractivity contribution in [2.75, 3.05) is 19.5 Å². The number of carbonyl (C=O) groups is 2. The van der Waals surface area contributed by atoms with Gasteiger partial charge in [0.15, 0.2) is 6.10 Å². The van der Waals surface area contributed by atoms with Crippen molar-refractivity contribution in [3.05, 3.63) is 118 Å². The van der Waals surface area contributed by atoms with Crippen LogP contribution in [0.25, 0.3) is 11.0 Å². The van der Waals surface area contributed by atoms with Crippen molar-refractivity contribution in [3.8, 4) is 11.5 Å².